The molecule has 0 spiro atoms. The van der Waals surface area contributed by atoms with E-state index in [2.05, 4.69) is 60.5 Å². The van der Waals surface area contributed by atoms with Crippen LogP contribution in [0.15, 0.2) is 36.4 Å². The number of hydrogen-bond donors (Lipinski definition) is 1. The van der Waals surface area contributed by atoms with Gasteiger partial charge in [-0.15, -0.1) is 0 Å². The lowest BCUT2D eigenvalue weighted by Crippen LogP contribution is -2.42. The zero-order valence-corrected chi connectivity index (χ0v) is 14.7. The molecular weight excluding hydrogens is 300 g/mol. The average molecular weight is 328 g/mol. The zero-order chi connectivity index (χ0) is 16.9. The molecule has 0 unspecified atom stereocenters. The van der Waals surface area contributed by atoms with Crippen molar-refractivity contribution in [3.63, 3.8) is 0 Å². The third-order valence-electron chi connectivity index (χ3n) is 4.69. The minimum Gasteiger partial charge on any atom is -0.378 e. The predicted octanol–water partition coefficient (Wildman–Crippen LogP) is 2.56. The van der Waals surface area contributed by atoms with Crippen LogP contribution in [0.5, 0.6) is 0 Å². The second-order valence-corrected chi connectivity index (χ2v) is 7.36. The SMILES string of the molecule is CC(C)C/C=C(\CN1C[C@H]2COC[C@@H](C1)C(=O)N2)c1ccccc1. The van der Waals surface area contributed by atoms with Gasteiger partial charge in [-0.1, -0.05) is 50.3 Å². The fourth-order valence-electron chi connectivity index (χ4n) is 3.39. The molecule has 2 aliphatic rings. The molecule has 2 bridgehead atoms. The molecule has 2 saturated heterocycles. The summed E-state index contributed by atoms with van der Waals surface area (Å²) in [5, 5.41) is 3.11. The minimum atomic E-state index is -0.0559. The lowest BCUT2D eigenvalue weighted by atomic mass is 10.0. The number of fused-ring (bicyclic) bond motifs is 3. The van der Waals surface area contributed by atoms with Gasteiger partial charge in [-0.3, -0.25) is 9.69 Å². The van der Waals surface area contributed by atoms with Crippen LogP contribution in [0.25, 0.3) is 5.57 Å². The van der Waals surface area contributed by atoms with Gasteiger partial charge in [0.15, 0.2) is 0 Å². The van der Waals surface area contributed by atoms with E-state index >= 15 is 0 Å². The van der Waals surface area contributed by atoms with Crippen molar-refractivity contribution in [2.75, 3.05) is 32.8 Å². The number of amides is 1. The summed E-state index contributed by atoms with van der Waals surface area (Å²) in [5.41, 5.74) is 2.64. The molecule has 2 heterocycles. The van der Waals surface area contributed by atoms with E-state index in [4.69, 9.17) is 4.74 Å². The van der Waals surface area contributed by atoms with Crippen LogP contribution in [-0.2, 0) is 9.53 Å². The Morgan fingerprint density at radius 3 is 2.83 bits per heavy atom. The molecule has 1 amide bonds. The lowest BCUT2D eigenvalue weighted by Gasteiger charge is -2.28. The van der Waals surface area contributed by atoms with Gasteiger partial charge in [-0.2, -0.15) is 0 Å². The van der Waals surface area contributed by atoms with Crippen molar-refractivity contribution in [3.05, 3.63) is 42.0 Å². The smallest absolute Gasteiger partial charge is 0.227 e. The van der Waals surface area contributed by atoms with Gasteiger partial charge in [0.05, 0.1) is 25.2 Å². The first-order chi connectivity index (χ1) is 11.6. The molecule has 3 rings (SSSR count). The van der Waals surface area contributed by atoms with E-state index in [1.54, 1.807) is 0 Å². The van der Waals surface area contributed by atoms with Crippen LogP contribution in [-0.4, -0.2) is 49.7 Å². The summed E-state index contributed by atoms with van der Waals surface area (Å²) < 4.78 is 5.62. The van der Waals surface area contributed by atoms with Crippen molar-refractivity contribution in [1.82, 2.24) is 10.2 Å². The molecule has 0 aromatic heterocycles. The molecule has 4 heteroatoms. The third kappa shape index (κ3) is 4.46. The molecule has 1 aromatic carbocycles. The fourth-order valence-corrected chi connectivity index (χ4v) is 3.39. The van der Waals surface area contributed by atoms with E-state index in [-0.39, 0.29) is 17.9 Å². The van der Waals surface area contributed by atoms with Crippen molar-refractivity contribution < 1.29 is 9.53 Å². The molecule has 24 heavy (non-hydrogen) atoms. The highest BCUT2D eigenvalue weighted by molar-refractivity contribution is 5.80. The van der Waals surface area contributed by atoms with Crippen LogP contribution in [0.1, 0.15) is 25.8 Å². The Morgan fingerprint density at radius 2 is 2.08 bits per heavy atom. The van der Waals surface area contributed by atoms with Gasteiger partial charge in [0.1, 0.15) is 0 Å². The molecular formula is C20H28N2O2. The Morgan fingerprint density at radius 1 is 1.29 bits per heavy atom. The summed E-state index contributed by atoms with van der Waals surface area (Å²) >= 11 is 0. The number of rotatable bonds is 5. The number of carbonyl (C=O) groups is 1. The summed E-state index contributed by atoms with van der Waals surface area (Å²) in [4.78, 5) is 14.6. The Labute approximate surface area is 144 Å². The van der Waals surface area contributed by atoms with E-state index in [0.29, 0.717) is 19.1 Å². The standard InChI is InChI=1S/C20H28N2O2/c1-15(2)8-9-17(16-6-4-3-5-7-16)10-22-11-18-13-24-14-19(12-22)21-20(18)23/h3-7,9,15,18-19H,8,10-14H2,1-2H3,(H,21,23)/b17-9+/t18-,19+/m1/s1. The van der Waals surface area contributed by atoms with E-state index in [9.17, 15) is 4.79 Å². The molecule has 130 valence electrons. The Hall–Kier alpha value is -1.65. The fraction of sp³-hybridized carbons (Fsp3) is 0.550. The molecule has 1 N–H and O–H groups in total. The summed E-state index contributed by atoms with van der Waals surface area (Å²) in [7, 11) is 0. The second-order valence-electron chi connectivity index (χ2n) is 7.36. The van der Waals surface area contributed by atoms with Crippen LogP contribution < -0.4 is 5.32 Å². The summed E-state index contributed by atoms with van der Waals surface area (Å²) in [6.45, 7) is 8.16. The van der Waals surface area contributed by atoms with Crippen LogP contribution in [0.2, 0.25) is 0 Å². The highest BCUT2D eigenvalue weighted by Crippen LogP contribution is 2.21. The normalized spacial score (nSPS) is 25.5. The largest absolute Gasteiger partial charge is 0.378 e. The first-order valence-corrected chi connectivity index (χ1v) is 8.96. The van der Waals surface area contributed by atoms with Gasteiger partial charge < -0.3 is 10.1 Å². The maximum absolute atomic E-state index is 12.2. The maximum atomic E-state index is 12.2. The van der Waals surface area contributed by atoms with E-state index in [0.717, 1.165) is 26.1 Å². The van der Waals surface area contributed by atoms with Gasteiger partial charge in [0.2, 0.25) is 5.91 Å². The number of ether oxygens (including phenoxy) is 1. The van der Waals surface area contributed by atoms with Crippen LogP contribution in [0, 0.1) is 11.8 Å². The first-order valence-electron chi connectivity index (χ1n) is 8.96. The minimum absolute atomic E-state index is 0.0559. The van der Waals surface area contributed by atoms with Crippen molar-refractivity contribution in [2.45, 2.75) is 26.3 Å². The summed E-state index contributed by atoms with van der Waals surface area (Å²) in [6, 6.07) is 10.7. The van der Waals surface area contributed by atoms with Gasteiger partial charge in [0, 0.05) is 19.6 Å². The maximum Gasteiger partial charge on any atom is 0.227 e. The highest BCUT2D eigenvalue weighted by Gasteiger charge is 2.33. The molecule has 0 aliphatic carbocycles. The van der Waals surface area contributed by atoms with Gasteiger partial charge >= 0.3 is 0 Å². The predicted molar refractivity (Wildman–Crippen MR) is 96.6 cm³/mol. The average Bonchev–Trinajstić information content (AvgIpc) is 2.80. The number of nitrogens with zero attached hydrogens (tertiary/aromatic N) is 1. The number of hydrogen-bond acceptors (Lipinski definition) is 3. The third-order valence-corrected chi connectivity index (χ3v) is 4.69. The van der Waals surface area contributed by atoms with Crippen molar-refractivity contribution in [3.8, 4) is 0 Å². The van der Waals surface area contributed by atoms with Crippen LogP contribution in [0.3, 0.4) is 0 Å². The molecule has 2 fully saturated rings. The van der Waals surface area contributed by atoms with E-state index in [1.165, 1.54) is 11.1 Å². The zero-order valence-electron chi connectivity index (χ0n) is 14.7. The lowest BCUT2D eigenvalue weighted by molar-refractivity contribution is -0.125. The molecule has 0 radical (unpaired) electrons. The molecule has 2 aliphatic heterocycles. The quantitative estimate of drug-likeness (QED) is 0.903. The Kier molecular flexibility index (Phi) is 5.69. The number of allylic oxidation sites excluding steroid dienone is 1. The second kappa shape index (κ2) is 7.95. The van der Waals surface area contributed by atoms with Gasteiger partial charge in [-0.25, -0.2) is 0 Å². The summed E-state index contributed by atoms with van der Waals surface area (Å²) in [6.07, 6.45) is 3.44. The van der Waals surface area contributed by atoms with Crippen LogP contribution in [0.4, 0.5) is 0 Å². The van der Waals surface area contributed by atoms with Gasteiger partial charge in [0.25, 0.3) is 0 Å². The van der Waals surface area contributed by atoms with E-state index in [1.807, 2.05) is 0 Å². The summed E-state index contributed by atoms with van der Waals surface area (Å²) in [5.74, 6) is 0.732. The molecule has 4 nitrogen and oxygen atoms in total. The number of carbonyl (C=O) groups excluding carboxylic acids is 1. The highest BCUT2D eigenvalue weighted by atomic mass is 16.5. The van der Waals surface area contributed by atoms with Crippen molar-refractivity contribution in [2.24, 2.45) is 11.8 Å². The van der Waals surface area contributed by atoms with Gasteiger partial charge in [-0.05, 0) is 23.5 Å². The monoisotopic (exact) mass is 328 g/mol. The van der Waals surface area contributed by atoms with Crippen molar-refractivity contribution >= 4 is 11.5 Å². The molecule has 1 aromatic rings. The first kappa shape index (κ1) is 17.2. The van der Waals surface area contributed by atoms with Crippen molar-refractivity contribution in [1.29, 1.82) is 0 Å². The number of benzene rings is 1. The Balaban J connectivity index is 1.77. The Bertz CT molecular complexity index is 583. The number of nitrogens with one attached hydrogen (secondary N) is 1. The topological polar surface area (TPSA) is 41.6 Å². The molecule has 2 atom stereocenters. The molecule has 0 saturated carbocycles. The van der Waals surface area contributed by atoms with E-state index < -0.39 is 0 Å². The van der Waals surface area contributed by atoms with Crippen LogP contribution >= 0.6 is 0 Å².